The number of aliphatic hydroxyl groups excluding tert-OH is 1. The van der Waals surface area contributed by atoms with E-state index < -0.39 is 13.7 Å². The smallest absolute Gasteiger partial charge is 0.264 e. The summed E-state index contributed by atoms with van der Waals surface area (Å²) in [6.45, 7) is 11.7. The lowest BCUT2D eigenvalue weighted by Gasteiger charge is -2.37. The van der Waals surface area contributed by atoms with Gasteiger partial charge in [-0.3, -0.25) is 19.2 Å². The summed E-state index contributed by atoms with van der Waals surface area (Å²) in [6.07, 6.45) is 5.16. The zero-order chi connectivity index (χ0) is 34.1. The molecule has 1 fully saturated rings. The molecule has 1 aromatic heterocycles. The third kappa shape index (κ3) is 5.65. The molecule has 3 heterocycles. The number of fused-ring (bicyclic) bond motifs is 2. The molecular formula is C37H43N5O5Si. The molecule has 11 heteroatoms. The maximum absolute atomic E-state index is 14.8. The molecule has 2 amide bonds. The number of aryl methyl sites for hydroxylation is 1. The normalized spacial score (nSPS) is 21.8. The van der Waals surface area contributed by atoms with Crippen molar-refractivity contribution >= 4 is 42.6 Å². The average Bonchev–Trinajstić information content (AvgIpc) is 3.75. The fraction of sp³-hybridized carbons (Fsp3) is 0.351. The number of anilines is 3. The number of aliphatic hydroxyl groups is 1. The number of hydrogen-bond acceptors (Lipinski definition) is 7. The van der Waals surface area contributed by atoms with E-state index in [0.29, 0.717) is 31.6 Å². The number of carbonyl (C=O) groups is 2. The van der Waals surface area contributed by atoms with Gasteiger partial charge in [0.25, 0.3) is 5.91 Å². The van der Waals surface area contributed by atoms with E-state index in [1.165, 1.54) is 5.19 Å². The molecule has 2 aliphatic heterocycles. The number of nitrogens with zero attached hydrogens (tertiary/aromatic N) is 5. The summed E-state index contributed by atoms with van der Waals surface area (Å²) in [5.41, 5.74) is 2.41. The van der Waals surface area contributed by atoms with Gasteiger partial charge in [0, 0.05) is 55.2 Å². The van der Waals surface area contributed by atoms with Gasteiger partial charge in [0.05, 0.1) is 32.7 Å². The molecular weight excluding hydrogens is 623 g/mol. The maximum Gasteiger partial charge on any atom is 0.264 e. The van der Waals surface area contributed by atoms with E-state index in [1.807, 2.05) is 66.9 Å². The molecule has 2 aliphatic rings. The molecule has 3 aromatic carbocycles. The van der Waals surface area contributed by atoms with Crippen LogP contribution in [0.25, 0.3) is 0 Å². The minimum atomic E-state index is -2.35. The Kier molecular flexibility index (Phi) is 9.37. The Labute approximate surface area is 282 Å². The minimum Gasteiger partial charge on any atom is -0.497 e. The van der Waals surface area contributed by atoms with Crippen LogP contribution in [0, 0.1) is 5.92 Å². The zero-order valence-corrected chi connectivity index (χ0v) is 29.0. The number of rotatable bonds is 13. The molecule has 48 heavy (non-hydrogen) atoms. The van der Waals surface area contributed by atoms with Crippen molar-refractivity contribution in [2.45, 2.75) is 56.7 Å². The van der Waals surface area contributed by atoms with Gasteiger partial charge < -0.3 is 19.5 Å². The Hall–Kier alpha value is -4.58. The molecule has 1 spiro atoms. The van der Waals surface area contributed by atoms with Crippen LogP contribution in [0.1, 0.15) is 24.6 Å². The van der Waals surface area contributed by atoms with E-state index in [1.54, 1.807) is 27.7 Å². The van der Waals surface area contributed by atoms with Gasteiger partial charge in [0.2, 0.25) is 6.41 Å². The topological polar surface area (TPSA) is 110 Å². The minimum absolute atomic E-state index is 0.00467. The first-order chi connectivity index (χ1) is 23.2. The summed E-state index contributed by atoms with van der Waals surface area (Å²) in [6, 6.07) is 23.5. The van der Waals surface area contributed by atoms with Gasteiger partial charge in [-0.05, 0) is 54.4 Å². The molecule has 6 rings (SSSR count). The van der Waals surface area contributed by atoms with E-state index in [-0.39, 0.29) is 30.1 Å². The zero-order valence-electron chi connectivity index (χ0n) is 28.0. The van der Waals surface area contributed by atoms with Gasteiger partial charge in [-0.25, -0.2) is 0 Å². The lowest BCUT2D eigenvalue weighted by atomic mass is 9.82. The van der Waals surface area contributed by atoms with Crippen LogP contribution in [0.2, 0.25) is 18.6 Å². The van der Waals surface area contributed by atoms with E-state index in [0.717, 1.165) is 34.8 Å². The quantitative estimate of drug-likeness (QED) is 0.122. The molecule has 0 bridgehead atoms. The Morgan fingerprint density at radius 1 is 1.10 bits per heavy atom. The predicted octanol–water partition coefficient (Wildman–Crippen LogP) is 4.95. The summed E-state index contributed by atoms with van der Waals surface area (Å²) < 4.78 is 14.5. The van der Waals surface area contributed by atoms with Crippen molar-refractivity contribution in [2.24, 2.45) is 5.92 Å². The Balaban J connectivity index is 1.46. The highest BCUT2D eigenvalue weighted by atomic mass is 28.3. The monoisotopic (exact) mass is 665 g/mol. The first kappa shape index (κ1) is 33.3. The molecule has 4 atom stereocenters. The summed E-state index contributed by atoms with van der Waals surface area (Å²) in [7, 11) is -0.687. The summed E-state index contributed by atoms with van der Waals surface area (Å²) >= 11 is 0. The highest BCUT2D eigenvalue weighted by Gasteiger charge is 2.66. The number of amides is 2. The summed E-state index contributed by atoms with van der Waals surface area (Å²) in [5, 5.41) is 19.1. The van der Waals surface area contributed by atoms with Crippen LogP contribution < -0.4 is 19.7 Å². The van der Waals surface area contributed by atoms with E-state index in [4.69, 9.17) is 9.47 Å². The predicted molar refractivity (Wildman–Crippen MR) is 189 cm³/mol. The lowest BCUT2D eigenvalue weighted by Crippen LogP contribution is -2.52. The SMILES string of the molecule is C=CCN1C(=O)[C@@]2(O[C@@H](CCn3cc(CCO)nn3)[C@H]([Si](C)(C)c3ccc(OC)cc3)[C@H]2C)c2cc(N(C=O)c3ccccc3)ccc21. The van der Waals surface area contributed by atoms with Crippen molar-refractivity contribution in [3.8, 4) is 5.75 Å². The molecule has 0 aliphatic carbocycles. The lowest BCUT2D eigenvalue weighted by molar-refractivity contribution is -0.145. The Morgan fingerprint density at radius 2 is 1.85 bits per heavy atom. The number of benzene rings is 3. The van der Waals surface area contributed by atoms with Crippen molar-refractivity contribution in [3.63, 3.8) is 0 Å². The third-order valence-corrected chi connectivity index (χ3v) is 14.5. The second-order valence-electron chi connectivity index (χ2n) is 13.1. The van der Waals surface area contributed by atoms with Crippen LogP contribution in [0.4, 0.5) is 17.1 Å². The average molecular weight is 666 g/mol. The van der Waals surface area contributed by atoms with E-state index >= 15 is 0 Å². The van der Waals surface area contributed by atoms with E-state index in [9.17, 15) is 14.7 Å². The number of ether oxygens (including phenoxy) is 2. The second-order valence-corrected chi connectivity index (χ2v) is 17.8. The second kappa shape index (κ2) is 13.5. The summed E-state index contributed by atoms with van der Waals surface area (Å²) in [5.74, 6) is 0.477. The molecule has 0 unspecified atom stereocenters. The fourth-order valence-corrected chi connectivity index (χ4v) is 11.9. The maximum atomic E-state index is 14.8. The number of hydrogen-bond donors (Lipinski definition) is 1. The van der Waals surface area contributed by atoms with Crippen LogP contribution in [-0.4, -0.2) is 66.9 Å². The van der Waals surface area contributed by atoms with Crippen LogP contribution in [0.3, 0.4) is 0 Å². The van der Waals surface area contributed by atoms with Crippen molar-refractivity contribution < 1.29 is 24.2 Å². The highest BCUT2D eigenvalue weighted by Crippen LogP contribution is 2.60. The van der Waals surface area contributed by atoms with Gasteiger partial charge in [0.1, 0.15) is 5.75 Å². The van der Waals surface area contributed by atoms with Gasteiger partial charge in [-0.1, -0.05) is 66.8 Å². The molecule has 250 valence electrons. The number of aromatic nitrogens is 3. The van der Waals surface area contributed by atoms with Crippen LogP contribution in [0.15, 0.2) is 91.6 Å². The molecule has 0 radical (unpaired) electrons. The Morgan fingerprint density at radius 3 is 2.52 bits per heavy atom. The molecule has 1 saturated heterocycles. The largest absolute Gasteiger partial charge is 0.497 e. The van der Waals surface area contributed by atoms with E-state index in [2.05, 4.69) is 49.0 Å². The molecule has 10 nitrogen and oxygen atoms in total. The Bertz CT molecular complexity index is 1780. The van der Waals surface area contributed by atoms with Crippen LogP contribution >= 0.6 is 0 Å². The number of methoxy groups -OCH3 is 1. The fourth-order valence-electron chi connectivity index (χ4n) is 7.83. The highest BCUT2D eigenvalue weighted by molar-refractivity contribution is 6.91. The van der Waals surface area contributed by atoms with Crippen LogP contribution in [0.5, 0.6) is 5.75 Å². The van der Waals surface area contributed by atoms with Crippen molar-refractivity contribution in [2.75, 3.05) is 30.1 Å². The number of carbonyl (C=O) groups excluding carboxylic acids is 2. The first-order valence-electron chi connectivity index (χ1n) is 16.4. The molecule has 4 aromatic rings. The van der Waals surface area contributed by atoms with Gasteiger partial charge in [-0.15, -0.1) is 11.7 Å². The van der Waals surface area contributed by atoms with Crippen molar-refractivity contribution in [1.82, 2.24) is 15.0 Å². The molecule has 0 saturated carbocycles. The van der Waals surface area contributed by atoms with Crippen molar-refractivity contribution in [3.05, 3.63) is 103 Å². The van der Waals surface area contributed by atoms with Gasteiger partial charge >= 0.3 is 0 Å². The van der Waals surface area contributed by atoms with Gasteiger partial charge in [0.15, 0.2) is 5.60 Å². The first-order valence-corrected chi connectivity index (χ1v) is 19.5. The van der Waals surface area contributed by atoms with Crippen LogP contribution in [-0.2, 0) is 32.9 Å². The third-order valence-electron chi connectivity index (χ3n) is 10.1. The molecule has 1 N–H and O–H groups in total. The van der Waals surface area contributed by atoms with Crippen molar-refractivity contribution in [1.29, 1.82) is 0 Å². The summed E-state index contributed by atoms with van der Waals surface area (Å²) in [4.78, 5) is 30.7. The standard InChI is InChI=1S/C37H43N5O5Si/c1-6-20-41-33-17-12-29(42(25-44)28-10-8-7-9-11-28)23-32(33)37(36(41)45)26(2)35(48(4,5)31-15-13-30(46-3)14-16-31)34(47-37)18-21-40-24-27(19-22-43)38-39-40/h6-17,23-26,34-35,43H,1,18-22H2,2-5H3/t26-,34+,35-,37+/m1/s1. The number of para-hydroxylation sites is 1. The van der Waals surface area contributed by atoms with Gasteiger partial charge in [-0.2, -0.15) is 0 Å².